The second-order valence-electron chi connectivity index (χ2n) is 6.08. The molecule has 0 spiro atoms. The number of carbonyl (C=O) groups is 1. The van der Waals surface area contributed by atoms with E-state index in [1.807, 2.05) is 55.1 Å². The Morgan fingerprint density at radius 1 is 1.38 bits per heavy atom. The first-order valence-corrected chi connectivity index (χ1v) is 9.23. The maximum Gasteiger partial charge on any atom is 0.222 e. The maximum atomic E-state index is 12.2. The van der Waals surface area contributed by atoms with Crippen molar-refractivity contribution in [3.8, 4) is 16.3 Å². The first-order chi connectivity index (χ1) is 12.6. The van der Waals surface area contributed by atoms with Gasteiger partial charge in [0.1, 0.15) is 16.6 Å². The Labute approximate surface area is 156 Å². The lowest BCUT2D eigenvalue weighted by Gasteiger charge is -2.14. The van der Waals surface area contributed by atoms with Gasteiger partial charge in [-0.05, 0) is 26.0 Å². The smallest absolute Gasteiger partial charge is 0.222 e. The maximum absolute atomic E-state index is 12.2. The molecule has 0 aliphatic heterocycles. The molecule has 2 heterocycles. The van der Waals surface area contributed by atoms with Gasteiger partial charge in [0.2, 0.25) is 5.91 Å². The first-order valence-electron chi connectivity index (χ1n) is 8.42. The van der Waals surface area contributed by atoms with Crippen LogP contribution < -0.4 is 10.1 Å². The number of ether oxygens (including phenoxy) is 1. The van der Waals surface area contributed by atoms with Gasteiger partial charge in [-0.2, -0.15) is 0 Å². The molecule has 26 heavy (non-hydrogen) atoms. The second kappa shape index (κ2) is 8.14. The molecule has 0 unspecified atom stereocenters. The standard InChI is InChI=1S/C19H22N4O2S/c1-13(23-8-7-20-14(23)2)9-18(24)21-11-17-12-22-19(26-17)15-5-4-6-16(10-15)25-3/h4-8,10,12-13H,9,11H2,1-3H3,(H,21,24)/t13-/m1/s1. The van der Waals surface area contributed by atoms with E-state index in [0.29, 0.717) is 13.0 Å². The van der Waals surface area contributed by atoms with E-state index in [1.165, 1.54) is 0 Å². The number of benzene rings is 1. The normalized spacial score (nSPS) is 12.0. The zero-order valence-electron chi connectivity index (χ0n) is 15.1. The largest absolute Gasteiger partial charge is 0.497 e. The van der Waals surface area contributed by atoms with E-state index in [1.54, 1.807) is 24.6 Å². The van der Waals surface area contributed by atoms with Gasteiger partial charge in [0, 0.05) is 41.5 Å². The van der Waals surface area contributed by atoms with Crippen molar-refractivity contribution in [1.82, 2.24) is 19.9 Å². The van der Waals surface area contributed by atoms with E-state index in [2.05, 4.69) is 15.3 Å². The van der Waals surface area contributed by atoms with Gasteiger partial charge < -0.3 is 14.6 Å². The van der Waals surface area contributed by atoms with Crippen LogP contribution in [0.15, 0.2) is 42.9 Å². The molecule has 0 aliphatic rings. The molecule has 0 aliphatic carbocycles. The Bertz CT molecular complexity index is 887. The highest BCUT2D eigenvalue weighted by Gasteiger charge is 2.13. The van der Waals surface area contributed by atoms with E-state index < -0.39 is 0 Å². The number of rotatable bonds is 7. The highest BCUT2D eigenvalue weighted by molar-refractivity contribution is 7.15. The van der Waals surface area contributed by atoms with Gasteiger partial charge in [0.05, 0.1) is 13.7 Å². The Morgan fingerprint density at radius 2 is 2.23 bits per heavy atom. The fourth-order valence-electron chi connectivity index (χ4n) is 2.76. The minimum Gasteiger partial charge on any atom is -0.497 e. The molecule has 0 bridgehead atoms. The summed E-state index contributed by atoms with van der Waals surface area (Å²) < 4.78 is 7.26. The first kappa shape index (κ1) is 18.1. The number of nitrogens with zero attached hydrogens (tertiary/aromatic N) is 3. The third-order valence-corrected chi connectivity index (χ3v) is 5.19. The topological polar surface area (TPSA) is 69.0 Å². The average molecular weight is 370 g/mol. The predicted molar refractivity (Wildman–Crippen MR) is 102 cm³/mol. The third kappa shape index (κ3) is 4.29. The summed E-state index contributed by atoms with van der Waals surface area (Å²) in [6.07, 6.45) is 5.87. The minimum absolute atomic E-state index is 0.0157. The van der Waals surface area contributed by atoms with E-state index in [0.717, 1.165) is 27.0 Å². The summed E-state index contributed by atoms with van der Waals surface area (Å²) >= 11 is 1.57. The van der Waals surface area contributed by atoms with Crippen LogP contribution in [0.3, 0.4) is 0 Å². The molecule has 6 nitrogen and oxygen atoms in total. The van der Waals surface area contributed by atoms with Crippen LogP contribution in [0.1, 0.15) is 30.1 Å². The van der Waals surface area contributed by atoms with E-state index in [9.17, 15) is 4.79 Å². The molecule has 0 saturated carbocycles. The van der Waals surface area contributed by atoms with Crippen molar-refractivity contribution in [1.29, 1.82) is 0 Å². The van der Waals surface area contributed by atoms with Crippen molar-refractivity contribution in [2.24, 2.45) is 0 Å². The van der Waals surface area contributed by atoms with Crippen LogP contribution in [0.4, 0.5) is 0 Å². The van der Waals surface area contributed by atoms with Crippen molar-refractivity contribution in [3.63, 3.8) is 0 Å². The number of thiazole rings is 1. The third-order valence-electron chi connectivity index (χ3n) is 4.15. The Morgan fingerprint density at radius 3 is 2.96 bits per heavy atom. The van der Waals surface area contributed by atoms with Crippen molar-refractivity contribution in [3.05, 3.63) is 53.6 Å². The molecule has 3 rings (SSSR count). The van der Waals surface area contributed by atoms with Crippen molar-refractivity contribution < 1.29 is 9.53 Å². The second-order valence-corrected chi connectivity index (χ2v) is 7.19. The number of hydrogen-bond donors (Lipinski definition) is 1. The molecule has 1 atom stereocenters. The van der Waals surface area contributed by atoms with Crippen LogP contribution in [-0.2, 0) is 11.3 Å². The molecule has 1 N–H and O–H groups in total. The fraction of sp³-hybridized carbons (Fsp3) is 0.316. The molecule has 136 valence electrons. The van der Waals surface area contributed by atoms with Gasteiger partial charge in [-0.1, -0.05) is 12.1 Å². The number of imidazole rings is 1. The van der Waals surface area contributed by atoms with Gasteiger partial charge in [-0.25, -0.2) is 9.97 Å². The van der Waals surface area contributed by atoms with Crippen LogP contribution >= 0.6 is 11.3 Å². The lowest BCUT2D eigenvalue weighted by molar-refractivity contribution is -0.121. The SMILES string of the molecule is COc1cccc(-c2ncc(CNC(=O)C[C@@H](C)n3ccnc3C)s2)c1. The number of nitrogens with one attached hydrogen (secondary N) is 1. The van der Waals surface area contributed by atoms with Gasteiger partial charge in [-0.15, -0.1) is 11.3 Å². The van der Waals surface area contributed by atoms with Crippen LogP contribution in [0.2, 0.25) is 0 Å². The molecule has 1 aromatic carbocycles. The number of aromatic nitrogens is 3. The highest BCUT2D eigenvalue weighted by atomic mass is 32.1. The molecular formula is C19H22N4O2S. The van der Waals surface area contributed by atoms with Crippen molar-refractivity contribution in [2.45, 2.75) is 32.9 Å². The Hall–Kier alpha value is -2.67. The number of methoxy groups -OCH3 is 1. The summed E-state index contributed by atoms with van der Waals surface area (Å²) in [4.78, 5) is 21.9. The molecule has 0 saturated heterocycles. The number of hydrogen-bond acceptors (Lipinski definition) is 5. The van der Waals surface area contributed by atoms with Crippen LogP contribution in [0, 0.1) is 6.92 Å². The molecule has 0 fully saturated rings. The predicted octanol–water partition coefficient (Wildman–Crippen LogP) is 3.59. The monoisotopic (exact) mass is 370 g/mol. The quantitative estimate of drug-likeness (QED) is 0.690. The van der Waals surface area contributed by atoms with E-state index in [-0.39, 0.29) is 11.9 Å². The molecule has 2 aromatic heterocycles. The van der Waals surface area contributed by atoms with Gasteiger partial charge in [0.15, 0.2) is 0 Å². The van der Waals surface area contributed by atoms with Crippen molar-refractivity contribution >= 4 is 17.2 Å². The number of carbonyl (C=O) groups excluding carboxylic acids is 1. The minimum atomic E-state index is 0.0157. The summed E-state index contributed by atoms with van der Waals surface area (Å²) in [7, 11) is 1.65. The van der Waals surface area contributed by atoms with Crippen LogP contribution in [0.25, 0.3) is 10.6 Å². The highest BCUT2D eigenvalue weighted by Crippen LogP contribution is 2.27. The van der Waals surface area contributed by atoms with Crippen LogP contribution in [0.5, 0.6) is 5.75 Å². The summed E-state index contributed by atoms with van der Waals surface area (Å²) in [6, 6.07) is 7.87. The lowest BCUT2D eigenvalue weighted by atomic mass is 10.2. The van der Waals surface area contributed by atoms with Crippen molar-refractivity contribution in [2.75, 3.05) is 7.11 Å². The molecule has 1 amide bonds. The summed E-state index contributed by atoms with van der Waals surface area (Å²) in [5.41, 5.74) is 1.01. The summed E-state index contributed by atoms with van der Waals surface area (Å²) in [5.74, 6) is 1.73. The lowest BCUT2D eigenvalue weighted by Crippen LogP contribution is -2.25. The van der Waals surface area contributed by atoms with Gasteiger partial charge >= 0.3 is 0 Å². The van der Waals surface area contributed by atoms with Gasteiger partial charge in [0.25, 0.3) is 0 Å². The van der Waals surface area contributed by atoms with Crippen LogP contribution in [-0.4, -0.2) is 27.6 Å². The Balaban J connectivity index is 1.56. The Kier molecular flexibility index (Phi) is 5.68. The molecule has 3 aromatic rings. The fourth-order valence-corrected chi connectivity index (χ4v) is 3.61. The molecule has 0 radical (unpaired) electrons. The zero-order chi connectivity index (χ0) is 18.5. The summed E-state index contributed by atoms with van der Waals surface area (Å²) in [6.45, 7) is 4.43. The van der Waals surface area contributed by atoms with E-state index in [4.69, 9.17) is 4.74 Å². The van der Waals surface area contributed by atoms with E-state index >= 15 is 0 Å². The average Bonchev–Trinajstić information content (AvgIpc) is 3.29. The zero-order valence-corrected chi connectivity index (χ0v) is 15.9. The number of aryl methyl sites for hydroxylation is 1. The summed E-state index contributed by atoms with van der Waals surface area (Å²) in [5, 5.41) is 3.88. The molecule has 7 heteroatoms. The van der Waals surface area contributed by atoms with Gasteiger partial charge in [-0.3, -0.25) is 4.79 Å². The molecular weight excluding hydrogens is 348 g/mol. The number of amides is 1.